The number of nitrogens with zero attached hydrogens (tertiary/aromatic N) is 2. The Kier molecular flexibility index (Phi) is 4.99. The molecule has 0 atom stereocenters. The molecule has 0 radical (unpaired) electrons. The summed E-state index contributed by atoms with van der Waals surface area (Å²) in [6, 6.07) is 3.86. The molecule has 21 heavy (non-hydrogen) atoms. The van der Waals surface area contributed by atoms with E-state index in [2.05, 4.69) is 20.0 Å². The summed E-state index contributed by atoms with van der Waals surface area (Å²) in [5.74, 6) is -0.801. The molecule has 0 unspecified atom stereocenters. The van der Waals surface area contributed by atoms with Crippen LogP contribution in [-0.2, 0) is 11.2 Å². The van der Waals surface area contributed by atoms with E-state index < -0.39 is 5.97 Å². The van der Waals surface area contributed by atoms with E-state index in [0.717, 1.165) is 23.3 Å². The van der Waals surface area contributed by atoms with Gasteiger partial charge in [0.25, 0.3) is 0 Å². The van der Waals surface area contributed by atoms with Crippen LogP contribution >= 0.6 is 11.3 Å². The molecule has 2 aromatic rings. The van der Waals surface area contributed by atoms with E-state index in [9.17, 15) is 9.59 Å². The molecule has 0 saturated heterocycles. The number of thiazole rings is 1. The zero-order valence-electron chi connectivity index (χ0n) is 11.8. The van der Waals surface area contributed by atoms with Crippen LogP contribution in [0.25, 0.3) is 0 Å². The molecule has 0 aromatic carbocycles. The van der Waals surface area contributed by atoms with Crippen LogP contribution in [0.5, 0.6) is 0 Å². The fourth-order valence-corrected chi connectivity index (χ4v) is 2.60. The number of rotatable bonds is 6. The summed E-state index contributed by atoms with van der Waals surface area (Å²) in [5, 5.41) is 3.64. The Morgan fingerprint density at radius 3 is 2.86 bits per heavy atom. The molecule has 6 nitrogen and oxygen atoms in total. The molecule has 1 N–H and O–H groups in total. The maximum atomic E-state index is 11.6. The van der Waals surface area contributed by atoms with Gasteiger partial charge < -0.3 is 10.1 Å². The minimum atomic E-state index is -0.600. The van der Waals surface area contributed by atoms with Gasteiger partial charge in [0.05, 0.1) is 7.11 Å². The summed E-state index contributed by atoms with van der Waals surface area (Å²) in [4.78, 5) is 31.6. The van der Waals surface area contributed by atoms with E-state index >= 15 is 0 Å². The Balaban J connectivity index is 2.03. The Hall–Kier alpha value is -2.28. The molecule has 0 saturated carbocycles. The van der Waals surface area contributed by atoms with Crippen molar-refractivity contribution in [1.29, 1.82) is 0 Å². The summed E-state index contributed by atoms with van der Waals surface area (Å²) >= 11 is 1.16. The van der Waals surface area contributed by atoms with Crippen molar-refractivity contribution >= 4 is 28.2 Å². The summed E-state index contributed by atoms with van der Waals surface area (Å²) in [5.41, 5.74) is 1.17. The van der Waals surface area contributed by atoms with E-state index in [4.69, 9.17) is 0 Å². The minimum Gasteiger partial charge on any atom is -0.464 e. The van der Waals surface area contributed by atoms with Crippen LogP contribution in [0.4, 0.5) is 5.13 Å². The number of aromatic nitrogens is 2. The molecular weight excluding hydrogens is 290 g/mol. The lowest BCUT2D eigenvalue weighted by molar-refractivity contribution is 0.0591. The van der Waals surface area contributed by atoms with E-state index in [-0.39, 0.29) is 11.5 Å². The van der Waals surface area contributed by atoms with Crippen LogP contribution in [0.2, 0.25) is 0 Å². The predicted molar refractivity (Wildman–Crippen MR) is 79.9 cm³/mol. The second-order valence-electron chi connectivity index (χ2n) is 4.28. The Morgan fingerprint density at radius 2 is 2.24 bits per heavy atom. The number of methoxy groups -OCH3 is 1. The standard InChI is InChI=1S/C14H15N3O3S/c1-9(18)12-11(13(19)20-2)17-14(21-12)16-7-5-10-4-3-6-15-8-10/h3-4,6,8H,5,7H2,1-2H3,(H,16,17). The van der Waals surface area contributed by atoms with Gasteiger partial charge in [-0.25, -0.2) is 9.78 Å². The third-order valence-corrected chi connectivity index (χ3v) is 3.85. The maximum Gasteiger partial charge on any atom is 0.358 e. The number of anilines is 1. The molecule has 0 fully saturated rings. The monoisotopic (exact) mass is 305 g/mol. The third-order valence-electron chi connectivity index (χ3n) is 2.74. The van der Waals surface area contributed by atoms with Gasteiger partial charge in [-0.1, -0.05) is 17.4 Å². The van der Waals surface area contributed by atoms with Gasteiger partial charge in [-0.3, -0.25) is 9.78 Å². The number of Topliss-reactive ketones (excluding diaryl/α,β-unsaturated/α-hetero) is 1. The largest absolute Gasteiger partial charge is 0.464 e. The van der Waals surface area contributed by atoms with Gasteiger partial charge in [-0.05, 0) is 18.1 Å². The number of nitrogens with one attached hydrogen (secondary N) is 1. The quantitative estimate of drug-likeness (QED) is 0.651. The first-order valence-electron chi connectivity index (χ1n) is 6.34. The van der Waals surface area contributed by atoms with Crippen molar-refractivity contribution in [1.82, 2.24) is 9.97 Å². The number of pyridine rings is 1. The number of ether oxygens (including phenoxy) is 1. The number of hydrogen-bond donors (Lipinski definition) is 1. The third kappa shape index (κ3) is 3.85. The topological polar surface area (TPSA) is 81.2 Å². The van der Waals surface area contributed by atoms with Crippen LogP contribution < -0.4 is 5.32 Å². The van der Waals surface area contributed by atoms with Crippen molar-refractivity contribution in [2.45, 2.75) is 13.3 Å². The molecule has 0 amide bonds. The summed E-state index contributed by atoms with van der Waals surface area (Å²) < 4.78 is 4.63. The van der Waals surface area contributed by atoms with Crippen LogP contribution in [0.1, 0.15) is 32.6 Å². The van der Waals surface area contributed by atoms with Crippen molar-refractivity contribution in [3.8, 4) is 0 Å². The van der Waals surface area contributed by atoms with Crippen LogP contribution in [0.15, 0.2) is 24.5 Å². The Bertz CT molecular complexity index is 640. The van der Waals surface area contributed by atoms with Gasteiger partial charge in [0.15, 0.2) is 16.6 Å². The van der Waals surface area contributed by atoms with Gasteiger partial charge >= 0.3 is 5.97 Å². The fourth-order valence-electron chi connectivity index (χ4n) is 1.73. The lowest BCUT2D eigenvalue weighted by Gasteiger charge is -2.01. The molecule has 2 aromatic heterocycles. The first-order chi connectivity index (χ1) is 10.1. The van der Waals surface area contributed by atoms with Gasteiger partial charge in [0.1, 0.15) is 4.88 Å². The summed E-state index contributed by atoms with van der Waals surface area (Å²) in [6.07, 6.45) is 4.29. The van der Waals surface area contributed by atoms with Gasteiger partial charge in [-0.15, -0.1) is 0 Å². The second-order valence-corrected chi connectivity index (χ2v) is 5.28. The summed E-state index contributed by atoms with van der Waals surface area (Å²) in [7, 11) is 1.26. The average Bonchev–Trinajstić information content (AvgIpc) is 2.92. The lowest BCUT2D eigenvalue weighted by Crippen LogP contribution is -2.08. The fraction of sp³-hybridized carbons (Fsp3) is 0.286. The van der Waals surface area contributed by atoms with Crippen LogP contribution in [0.3, 0.4) is 0 Å². The second kappa shape index (κ2) is 6.94. The van der Waals surface area contributed by atoms with Crippen LogP contribution in [0, 0.1) is 0 Å². The average molecular weight is 305 g/mol. The molecular formula is C14H15N3O3S. The molecule has 0 bridgehead atoms. The van der Waals surface area contributed by atoms with Gasteiger partial charge in [-0.2, -0.15) is 0 Å². The highest BCUT2D eigenvalue weighted by atomic mass is 32.1. The predicted octanol–water partition coefficient (Wildman–Crippen LogP) is 2.18. The minimum absolute atomic E-state index is 0.0684. The Labute approximate surface area is 126 Å². The van der Waals surface area contributed by atoms with Crippen molar-refractivity contribution < 1.29 is 14.3 Å². The number of hydrogen-bond acceptors (Lipinski definition) is 7. The Morgan fingerprint density at radius 1 is 1.43 bits per heavy atom. The van der Waals surface area contributed by atoms with Gasteiger partial charge in [0.2, 0.25) is 0 Å². The van der Waals surface area contributed by atoms with Crippen molar-refractivity contribution in [3.05, 3.63) is 40.7 Å². The molecule has 110 valence electrons. The van der Waals surface area contributed by atoms with E-state index in [1.54, 1.807) is 12.4 Å². The molecule has 7 heteroatoms. The molecule has 2 rings (SSSR count). The van der Waals surface area contributed by atoms with Crippen molar-refractivity contribution in [2.24, 2.45) is 0 Å². The molecule has 0 aliphatic heterocycles. The van der Waals surface area contributed by atoms with E-state index in [1.165, 1.54) is 14.0 Å². The highest BCUT2D eigenvalue weighted by Crippen LogP contribution is 2.24. The first kappa shape index (κ1) is 15.1. The number of esters is 1. The maximum absolute atomic E-state index is 11.6. The number of carbonyl (C=O) groups is 2. The normalized spacial score (nSPS) is 10.2. The zero-order chi connectivity index (χ0) is 15.2. The van der Waals surface area contributed by atoms with Crippen LogP contribution in [-0.4, -0.2) is 35.4 Å². The SMILES string of the molecule is COC(=O)c1nc(NCCc2cccnc2)sc1C(C)=O. The van der Waals surface area contributed by atoms with Gasteiger partial charge in [0, 0.05) is 25.9 Å². The zero-order valence-corrected chi connectivity index (χ0v) is 12.6. The first-order valence-corrected chi connectivity index (χ1v) is 7.16. The molecule has 0 aliphatic carbocycles. The van der Waals surface area contributed by atoms with Crippen molar-refractivity contribution in [3.63, 3.8) is 0 Å². The lowest BCUT2D eigenvalue weighted by atomic mass is 10.2. The van der Waals surface area contributed by atoms with Crippen molar-refractivity contribution in [2.75, 3.05) is 19.0 Å². The summed E-state index contributed by atoms with van der Waals surface area (Å²) in [6.45, 7) is 2.04. The number of carbonyl (C=O) groups excluding carboxylic acids is 2. The van der Waals surface area contributed by atoms with E-state index in [1.807, 2.05) is 12.1 Å². The number of ketones is 1. The molecule has 0 aliphatic rings. The molecule has 2 heterocycles. The highest BCUT2D eigenvalue weighted by molar-refractivity contribution is 7.17. The molecule has 0 spiro atoms. The van der Waals surface area contributed by atoms with E-state index in [0.29, 0.717) is 16.6 Å². The smallest absolute Gasteiger partial charge is 0.358 e. The highest BCUT2D eigenvalue weighted by Gasteiger charge is 2.21.